The van der Waals surface area contributed by atoms with Crippen LogP contribution < -0.4 is 5.32 Å². The third-order valence-corrected chi connectivity index (χ3v) is 4.54. The van der Waals surface area contributed by atoms with Crippen molar-refractivity contribution in [2.24, 2.45) is 11.8 Å². The van der Waals surface area contributed by atoms with Gasteiger partial charge in [-0.1, -0.05) is 13.3 Å². The van der Waals surface area contributed by atoms with Crippen LogP contribution in [0.25, 0.3) is 0 Å². The van der Waals surface area contributed by atoms with Crippen molar-refractivity contribution in [1.82, 2.24) is 10.2 Å². The molecule has 3 atom stereocenters. The highest BCUT2D eigenvalue weighted by molar-refractivity contribution is 4.90. The van der Waals surface area contributed by atoms with E-state index in [1.807, 2.05) is 0 Å². The van der Waals surface area contributed by atoms with Gasteiger partial charge in [-0.05, 0) is 57.5 Å². The Morgan fingerprint density at radius 1 is 1.19 bits per heavy atom. The standard InChI is InChI=1S/C14H28N2/c1-3-8-15-9-7-12(2)16-10-13-5-4-6-14(13)11-16/h12-15H,3-11H2,1-2H3. The molecule has 2 fully saturated rings. The first kappa shape index (κ1) is 12.4. The Balaban J connectivity index is 1.64. The topological polar surface area (TPSA) is 15.3 Å². The van der Waals surface area contributed by atoms with E-state index in [9.17, 15) is 0 Å². The van der Waals surface area contributed by atoms with Crippen LogP contribution in [0.1, 0.15) is 46.0 Å². The van der Waals surface area contributed by atoms with Gasteiger partial charge >= 0.3 is 0 Å². The fourth-order valence-corrected chi connectivity index (χ4v) is 3.43. The molecule has 1 saturated carbocycles. The Morgan fingerprint density at radius 3 is 2.50 bits per heavy atom. The van der Waals surface area contributed by atoms with Gasteiger partial charge < -0.3 is 10.2 Å². The van der Waals surface area contributed by atoms with Gasteiger partial charge in [0.25, 0.3) is 0 Å². The number of fused-ring (bicyclic) bond motifs is 1. The average Bonchev–Trinajstić information content (AvgIpc) is 2.83. The predicted octanol–water partition coefficient (Wildman–Crippen LogP) is 2.50. The van der Waals surface area contributed by atoms with Crippen molar-refractivity contribution in [3.63, 3.8) is 0 Å². The minimum atomic E-state index is 0.787. The number of rotatable bonds is 6. The zero-order valence-corrected chi connectivity index (χ0v) is 11.0. The second-order valence-corrected chi connectivity index (χ2v) is 5.79. The van der Waals surface area contributed by atoms with Crippen molar-refractivity contribution < 1.29 is 0 Å². The number of hydrogen-bond acceptors (Lipinski definition) is 2. The highest BCUT2D eigenvalue weighted by atomic mass is 15.2. The number of nitrogens with one attached hydrogen (secondary N) is 1. The molecular weight excluding hydrogens is 196 g/mol. The van der Waals surface area contributed by atoms with E-state index in [-0.39, 0.29) is 0 Å². The Hall–Kier alpha value is -0.0800. The smallest absolute Gasteiger partial charge is 0.00792 e. The molecule has 0 aromatic rings. The minimum absolute atomic E-state index is 0.787. The van der Waals surface area contributed by atoms with Gasteiger partial charge in [0.15, 0.2) is 0 Å². The molecule has 1 aliphatic carbocycles. The molecule has 2 nitrogen and oxygen atoms in total. The van der Waals surface area contributed by atoms with Gasteiger partial charge in [0.05, 0.1) is 0 Å². The van der Waals surface area contributed by atoms with Gasteiger partial charge in [0.1, 0.15) is 0 Å². The van der Waals surface area contributed by atoms with Crippen LogP contribution in [0.3, 0.4) is 0 Å². The molecule has 1 saturated heterocycles. The summed E-state index contributed by atoms with van der Waals surface area (Å²) in [6.45, 7) is 9.80. The van der Waals surface area contributed by atoms with E-state index >= 15 is 0 Å². The summed E-state index contributed by atoms with van der Waals surface area (Å²) in [5.41, 5.74) is 0. The van der Waals surface area contributed by atoms with Crippen LogP contribution in [0, 0.1) is 11.8 Å². The zero-order chi connectivity index (χ0) is 11.4. The quantitative estimate of drug-likeness (QED) is 0.697. The lowest BCUT2D eigenvalue weighted by Crippen LogP contribution is -2.34. The largest absolute Gasteiger partial charge is 0.317 e. The summed E-state index contributed by atoms with van der Waals surface area (Å²) in [5.74, 6) is 2.09. The van der Waals surface area contributed by atoms with E-state index in [2.05, 4.69) is 24.1 Å². The van der Waals surface area contributed by atoms with Gasteiger partial charge in [0, 0.05) is 19.1 Å². The van der Waals surface area contributed by atoms with Crippen molar-refractivity contribution >= 4 is 0 Å². The number of likely N-dealkylation sites (tertiary alicyclic amines) is 1. The molecular formula is C14H28N2. The second kappa shape index (κ2) is 6.02. The first-order valence-corrected chi connectivity index (χ1v) is 7.26. The molecule has 0 aromatic carbocycles. The Morgan fingerprint density at radius 2 is 1.88 bits per heavy atom. The van der Waals surface area contributed by atoms with Crippen LogP contribution in [0.4, 0.5) is 0 Å². The number of hydrogen-bond donors (Lipinski definition) is 1. The maximum Gasteiger partial charge on any atom is 0.00792 e. The monoisotopic (exact) mass is 224 g/mol. The lowest BCUT2D eigenvalue weighted by molar-refractivity contribution is 0.227. The van der Waals surface area contributed by atoms with E-state index < -0.39 is 0 Å². The van der Waals surface area contributed by atoms with Gasteiger partial charge in [-0.3, -0.25) is 0 Å². The lowest BCUT2D eigenvalue weighted by atomic mass is 10.0. The zero-order valence-electron chi connectivity index (χ0n) is 11.0. The lowest BCUT2D eigenvalue weighted by Gasteiger charge is -2.25. The first-order chi connectivity index (χ1) is 7.81. The van der Waals surface area contributed by atoms with E-state index in [1.54, 1.807) is 0 Å². The third kappa shape index (κ3) is 2.98. The Labute approximate surface area is 101 Å². The molecule has 2 aliphatic rings. The fourth-order valence-electron chi connectivity index (χ4n) is 3.43. The SMILES string of the molecule is CCCNCCC(C)N1CC2CCCC2C1. The summed E-state index contributed by atoms with van der Waals surface area (Å²) < 4.78 is 0. The maximum atomic E-state index is 3.51. The summed E-state index contributed by atoms with van der Waals surface area (Å²) in [6.07, 6.45) is 7.07. The van der Waals surface area contributed by atoms with Crippen LogP contribution in [0.5, 0.6) is 0 Å². The molecule has 0 radical (unpaired) electrons. The van der Waals surface area contributed by atoms with Gasteiger partial charge in [0.2, 0.25) is 0 Å². The molecule has 2 heteroatoms. The van der Waals surface area contributed by atoms with Gasteiger partial charge in [-0.2, -0.15) is 0 Å². The first-order valence-electron chi connectivity index (χ1n) is 7.26. The number of nitrogens with zero attached hydrogens (tertiary/aromatic N) is 1. The predicted molar refractivity (Wildman–Crippen MR) is 69.6 cm³/mol. The van der Waals surface area contributed by atoms with Crippen molar-refractivity contribution in [3.8, 4) is 0 Å². The molecule has 0 amide bonds. The van der Waals surface area contributed by atoms with Crippen LogP contribution >= 0.6 is 0 Å². The molecule has 1 N–H and O–H groups in total. The van der Waals surface area contributed by atoms with Gasteiger partial charge in [-0.15, -0.1) is 0 Å². The van der Waals surface area contributed by atoms with Crippen LogP contribution in [0.2, 0.25) is 0 Å². The molecule has 1 heterocycles. The molecule has 1 aliphatic heterocycles. The highest BCUT2D eigenvalue weighted by Crippen LogP contribution is 2.38. The van der Waals surface area contributed by atoms with Crippen LogP contribution in [-0.2, 0) is 0 Å². The Bertz CT molecular complexity index is 193. The Kier molecular flexibility index (Phi) is 4.66. The highest BCUT2D eigenvalue weighted by Gasteiger charge is 2.37. The molecule has 0 bridgehead atoms. The molecule has 3 unspecified atom stereocenters. The van der Waals surface area contributed by atoms with Crippen molar-refractivity contribution in [1.29, 1.82) is 0 Å². The van der Waals surface area contributed by atoms with Crippen molar-refractivity contribution in [2.75, 3.05) is 26.2 Å². The maximum absolute atomic E-state index is 3.51. The van der Waals surface area contributed by atoms with E-state index in [4.69, 9.17) is 0 Å². The molecule has 0 spiro atoms. The van der Waals surface area contributed by atoms with Crippen LogP contribution in [-0.4, -0.2) is 37.1 Å². The normalized spacial score (nSPS) is 31.9. The summed E-state index contributed by atoms with van der Waals surface area (Å²) in [5, 5.41) is 3.51. The summed E-state index contributed by atoms with van der Waals surface area (Å²) in [7, 11) is 0. The molecule has 94 valence electrons. The third-order valence-electron chi connectivity index (χ3n) is 4.54. The van der Waals surface area contributed by atoms with Crippen molar-refractivity contribution in [3.05, 3.63) is 0 Å². The average molecular weight is 224 g/mol. The van der Waals surface area contributed by atoms with E-state index in [0.29, 0.717) is 0 Å². The molecule has 2 rings (SSSR count). The fraction of sp³-hybridized carbons (Fsp3) is 1.00. The molecule has 16 heavy (non-hydrogen) atoms. The van der Waals surface area contributed by atoms with Crippen molar-refractivity contribution in [2.45, 2.75) is 52.0 Å². The minimum Gasteiger partial charge on any atom is -0.317 e. The van der Waals surface area contributed by atoms with E-state index in [0.717, 1.165) is 17.9 Å². The summed E-state index contributed by atoms with van der Waals surface area (Å²) >= 11 is 0. The second-order valence-electron chi connectivity index (χ2n) is 5.79. The van der Waals surface area contributed by atoms with Crippen LogP contribution in [0.15, 0.2) is 0 Å². The molecule has 0 aromatic heterocycles. The summed E-state index contributed by atoms with van der Waals surface area (Å²) in [6, 6.07) is 0.787. The van der Waals surface area contributed by atoms with Gasteiger partial charge in [-0.25, -0.2) is 0 Å². The van der Waals surface area contributed by atoms with E-state index in [1.165, 1.54) is 58.3 Å². The summed E-state index contributed by atoms with van der Waals surface area (Å²) in [4.78, 5) is 2.74.